The van der Waals surface area contributed by atoms with E-state index in [-0.39, 0.29) is 5.69 Å². The fourth-order valence-electron chi connectivity index (χ4n) is 1.50. The van der Waals surface area contributed by atoms with E-state index in [1.54, 1.807) is 6.07 Å². The molecule has 0 unspecified atom stereocenters. The second kappa shape index (κ2) is 5.27. The van der Waals surface area contributed by atoms with E-state index < -0.39 is 4.92 Å². The van der Waals surface area contributed by atoms with Gasteiger partial charge in [0.2, 0.25) is 0 Å². The second-order valence-corrected chi connectivity index (χ2v) is 4.00. The van der Waals surface area contributed by atoms with Crippen molar-refractivity contribution in [3.8, 4) is 0 Å². The molecule has 0 saturated heterocycles. The van der Waals surface area contributed by atoms with Crippen molar-refractivity contribution in [2.45, 2.75) is 13.5 Å². The average molecular weight is 243 g/mol. The minimum absolute atomic E-state index is 0.00381. The smallest absolute Gasteiger partial charge is 0.287 e. The molecule has 0 spiro atoms. The van der Waals surface area contributed by atoms with Crippen molar-refractivity contribution >= 4 is 11.5 Å². The number of aromatic nitrogens is 1. The van der Waals surface area contributed by atoms with Gasteiger partial charge in [-0.2, -0.15) is 0 Å². The molecule has 0 aliphatic rings. The van der Waals surface area contributed by atoms with Crippen LogP contribution in [0.4, 0.5) is 11.5 Å². The molecule has 0 radical (unpaired) electrons. The van der Waals surface area contributed by atoms with Crippen LogP contribution in [0.2, 0.25) is 0 Å². The second-order valence-electron chi connectivity index (χ2n) is 4.00. The molecular weight excluding hydrogens is 230 g/mol. The first-order valence-electron chi connectivity index (χ1n) is 5.55. The number of nitro groups is 1. The number of pyridine rings is 1. The van der Waals surface area contributed by atoms with Gasteiger partial charge in [0.05, 0.1) is 4.92 Å². The molecule has 0 fully saturated rings. The van der Waals surface area contributed by atoms with E-state index in [1.807, 2.05) is 31.2 Å². The van der Waals surface area contributed by atoms with Gasteiger partial charge in [0.1, 0.15) is 12.0 Å². The van der Waals surface area contributed by atoms with Crippen LogP contribution in [-0.4, -0.2) is 9.91 Å². The third-order valence-electron chi connectivity index (χ3n) is 2.55. The Hall–Kier alpha value is -2.43. The number of aryl methyl sites for hydroxylation is 1. The quantitative estimate of drug-likeness (QED) is 0.662. The molecule has 2 rings (SSSR count). The minimum atomic E-state index is -0.462. The minimum Gasteiger partial charge on any atom is -0.366 e. The summed E-state index contributed by atoms with van der Waals surface area (Å²) >= 11 is 0. The molecule has 0 aliphatic carbocycles. The molecule has 18 heavy (non-hydrogen) atoms. The number of hydrogen-bond acceptors (Lipinski definition) is 4. The van der Waals surface area contributed by atoms with Crippen LogP contribution >= 0.6 is 0 Å². The summed E-state index contributed by atoms with van der Waals surface area (Å²) in [7, 11) is 0. The van der Waals surface area contributed by atoms with Crippen LogP contribution in [0, 0.1) is 17.0 Å². The fraction of sp³-hybridized carbons (Fsp3) is 0.154. The normalized spacial score (nSPS) is 10.1. The molecule has 1 aromatic carbocycles. The third-order valence-corrected chi connectivity index (χ3v) is 2.55. The summed E-state index contributed by atoms with van der Waals surface area (Å²) in [5, 5.41) is 13.6. The molecule has 1 aromatic heterocycles. The van der Waals surface area contributed by atoms with E-state index in [2.05, 4.69) is 10.3 Å². The van der Waals surface area contributed by atoms with Crippen LogP contribution in [-0.2, 0) is 6.54 Å². The predicted octanol–water partition coefficient (Wildman–Crippen LogP) is 2.91. The molecule has 0 saturated carbocycles. The number of nitrogens with zero attached hydrogens (tertiary/aromatic N) is 2. The van der Waals surface area contributed by atoms with E-state index in [0.717, 1.165) is 5.56 Å². The van der Waals surface area contributed by atoms with E-state index in [0.29, 0.717) is 12.4 Å². The van der Waals surface area contributed by atoms with E-state index in [9.17, 15) is 10.1 Å². The van der Waals surface area contributed by atoms with Gasteiger partial charge in [-0.25, -0.2) is 4.98 Å². The van der Waals surface area contributed by atoms with Gasteiger partial charge in [-0.1, -0.05) is 29.8 Å². The summed E-state index contributed by atoms with van der Waals surface area (Å²) in [5.41, 5.74) is 2.35. The van der Waals surface area contributed by atoms with Crippen molar-refractivity contribution in [3.63, 3.8) is 0 Å². The van der Waals surface area contributed by atoms with E-state index in [1.165, 1.54) is 17.8 Å². The summed E-state index contributed by atoms with van der Waals surface area (Å²) < 4.78 is 0. The van der Waals surface area contributed by atoms with Crippen molar-refractivity contribution in [1.82, 2.24) is 4.98 Å². The fourth-order valence-corrected chi connectivity index (χ4v) is 1.50. The summed E-state index contributed by atoms with van der Waals surface area (Å²) in [6.07, 6.45) is 1.25. The largest absolute Gasteiger partial charge is 0.366 e. The first-order valence-corrected chi connectivity index (χ1v) is 5.55. The van der Waals surface area contributed by atoms with Crippen LogP contribution in [0.5, 0.6) is 0 Å². The molecule has 5 heteroatoms. The first-order chi connectivity index (χ1) is 8.65. The van der Waals surface area contributed by atoms with Gasteiger partial charge in [-0.3, -0.25) is 10.1 Å². The van der Waals surface area contributed by atoms with Crippen LogP contribution in [0.25, 0.3) is 0 Å². The maximum Gasteiger partial charge on any atom is 0.287 e. The summed E-state index contributed by atoms with van der Waals surface area (Å²) in [5.74, 6) is 0.626. The van der Waals surface area contributed by atoms with Crippen molar-refractivity contribution in [1.29, 1.82) is 0 Å². The average Bonchev–Trinajstić information content (AvgIpc) is 2.38. The standard InChI is InChI=1S/C13H13N3O2/c1-10-2-4-11(5-3-10)8-14-13-7-6-12(9-15-13)16(17)18/h2-7,9H,8H2,1H3,(H,14,15). The highest BCUT2D eigenvalue weighted by atomic mass is 16.6. The molecule has 1 N–H and O–H groups in total. The van der Waals surface area contributed by atoms with Crippen LogP contribution in [0.3, 0.4) is 0 Å². The SMILES string of the molecule is Cc1ccc(CNc2ccc([N+](=O)[O-])cn2)cc1. The van der Waals surface area contributed by atoms with Crippen molar-refractivity contribution < 1.29 is 4.92 Å². The van der Waals surface area contributed by atoms with Gasteiger partial charge in [0.15, 0.2) is 0 Å². The number of nitrogens with one attached hydrogen (secondary N) is 1. The molecule has 0 amide bonds. The molecule has 92 valence electrons. The highest BCUT2D eigenvalue weighted by Gasteiger charge is 2.04. The summed E-state index contributed by atoms with van der Waals surface area (Å²) in [6, 6.07) is 11.2. The molecule has 2 aromatic rings. The lowest BCUT2D eigenvalue weighted by Gasteiger charge is -2.05. The lowest BCUT2D eigenvalue weighted by atomic mass is 10.1. The highest BCUT2D eigenvalue weighted by Crippen LogP contribution is 2.12. The monoisotopic (exact) mass is 243 g/mol. The zero-order chi connectivity index (χ0) is 13.0. The Kier molecular flexibility index (Phi) is 3.52. The Labute approximate surface area is 105 Å². The zero-order valence-electron chi connectivity index (χ0n) is 9.96. The van der Waals surface area contributed by atoms with Gasteiger partial charge >= 0.3 is 0 Å². The Morgan fingerprint density at radius 3 is 2.50 bits per heavy atom. The Morgan fingerprint density at radius 1 is 1.22 bits per heavy atom. The Balaban J connectivity index is 1.97. The summed E-state index contributed by atoms with van der Waals surface area (Å²) in [6.45, 7) is 2.68. The molecule has 1 heterocycles. The van der Waals surface area contributed by atoms with E-state index in [4.69, 9.17) is 0 Å². The molecule has 0 bridgehead atoms. The van der Waals surface area contributed by atoms with Gasteiger partial charge in [-0.15, -0.1) is 0 Å². The highest BCUT2D eigenvalue weighted by molar-refractivity contribution is 5.40. The Morgan fingerprint density at radius 2 is 1.94 bits per heavy atom. The van der Waals surface area contributed by atoms with E-state index >= 15 is 0 Å². The topological polar surface area (TPSA) is 68.1 Å². The van der Waals surface area contributed by atoms with Gasteiger partial charge in [0.25, 0.3) is 5.69 Å². The zero-order valence-corrected chi connectivity index (χ0v) is 9.96. The van der Waals surface area contributed by atoms with Crippen molar-refractivity contribution in [2.75, 3.05) is 5.32 Å². The van der Waals surface area contributed by atoms with Gasteiger partial charge in [-0.05, 0) is 18.6 Å². The predicted molar refractivity (Wildman–Crippen MR) is 69.4 cm³/mol. The lowest BCUT2D eigenvalue weighted by molar-refractivity contribution is -0.385. The maximum atomic E-state index is 10.5. The number of benzene rings is 1. The molecule has 5 nitrogen and oxygen atoms in total. The van der Waals surface area contributed by atoms with Gasteiger partial charge in [0, 0.05) is 12.6 Å². The van der Waals surface area contributed by atoms with Crippen molar-refractivity contribution in [3.05, 3.63) is 63.8 Å². The number of anilines is 1. The molecule has 0 aliphatic heterocycles. The van der Waals surface area contributed by atoms with Crippen LogP contribution in [0.1, 0.15) is 11.1 Å². The van der Waals surface area contributed by atoms with Crippen molar-refractivity contribution in [2.24, 2.45) is 0 Å². The Bertz CT molecular complexity index is 535. The van der Waals surface area contributed by atoms with Gasteiger partial charge < -0.3 is 5.32 Å². The molecule has 0 atom stereocenters. The number of rotatable bonds is 4. The van der Waals surface area contributed by atoms with Crippen LogP contribution in [0.15, 0.2) is 42.6 Å². The third kappa shape index (κ3) is 3.04. The first kappa shape index (κ1) is 12.0. The maximum absolute atomic E-state index is 10.5. The summed E-state index contributed by atoms with van der Waals surface area (Å²) in [4.78, 5) is 14.0. The molecular formula is C13H13N3O2. The lowest BCUT2D eigenvalue weighted by Crippen LogP contribution is -2.01. The van der Waals surface area contributed by atoms with Crippen LogP contribution < -0.4 is 5.32 Å². The number of hydrogen-bond donors (Lipinski definition) is 1.